The van der Waals surface area contributed by atoms with E-state index in [9.17, 15) is 9.59 Å². The highest BCUT2D eigenvalue weighted by atomic mass is 32.2. The van der Waals surface area contributed by atoms with Crippen LogP contribution >= 0.6 is 11.8 Å². The minimum absolute atomic E-state index is 0.435. The van der Waals surface area contributed by atoms with Crippen molar-refractivity contribution < 1.29 is 19.8 Å². The maximum atomic E-state index is 10.9. The van der Waals surface area contributed by atoms with Gasteiger partial charge in [-0.15, -0.1) is 0 Å². The van der Waals surface area contributed by atoms with Crippen molar-refractivity contribution in [1.29, 1.82) is 0 Å². The SMILES string of the molecule is CCCC(NC(CCSC)C(=O)O)C(=O)O. The van der Waals surface area contributed by atoms with Crippen LogP contribution in [0.4, 0.5) is 0 Å². The monoisotopic (exact) mass is 249 g/mol. The largest absolute Gasteiger partial charge is 0.480 e. The Hall–Kier alpha value is -0.750. The van der Waals surface area contributed by atoms with Crippen molar-refractivity contribution in [2.45, 2.75) is 38.3 Å². The Kier molecular flexibility index (Phi) is 8.01. The van der Waals surface area contributed by atoms with Gasteiger partial charge in [0.1, 0.15) is 12.1 Å². The minimum Gasteiger partial charge on any atom is -0.480 e. The van der Waals surface area contributed by atoms with Crippen LogP contribution < -0.4 is 5.32 Å². The lowest BCUT2D eigenvalue weighted by Crippen LogP contribution is -2.47. The summed E-state index contributed by atoms with van der Waals surface area (Å²) in [4.78, 5) is 21.8. The zero-order valence-electron chi connectivity index (χ0n) is 9.60. The Bertz CT molecular complexity index is 235. The van der Waals surface area contributed by atoms with E-state index in [-0.39, 0.29) is 0 Å². The van der Waals surface area contributed by atoms with Crippen LogP contribution in [0.3, 0.4) is 0 Å². The fourth-order valence-electron chi connectivity index (χ4n) is 1.32. The summed E-state index contributed by atoms with van der Waals surface area (Å²) < 4.78 is 0. The number of hydrogen-bond acceptors (Lipinski definition) is 4. The van der Waals surface area contributed by atoms with Crippen molar-refractivity contribution in [2.75, 3.05) is 12.0 Å². The number of carbonyl (C=O) groups is 2. The number of thioether (sulfide) groups is 1. The Balaban J connectivity index is 4.32. The van der Waals surface area contributed by atoms with Gasteiger partial charge in [-0.1, -0.05) is 13.3 Å². The van der Waals surface area contributed by atoms with E-state index in [1.165, 1.54) is 0 Å². The molecule has 0 radical (unpaired) electrons. The molecular formula is C10H19NO4S. The van der Waals surface area contributed by atoms with E-state index in [4.69, 9.17) is 10.2 Å². The van der Waals surface area contributed by atoms with E-state index < -0.39 is 24.0 Å². The lowest BCUT2D eigenvalue weighted by molar-refractivity contribution is -0.142. The molecule has 3 N–H and O–H groups in total. The predicted molar refractivity (Wildman–Crippen MR) is 63.9 cm³/mol. The van der Waals surface area contributed by atoms with Gasteiger partial charge in [-0.05, 0) is 24.9 Å². The van der Waals surface area contributed by atoms with Gasteiger partial charge in [0.05, 0.1) is 0 Å². The van der Waals surface area contributed by atoms with E-state index in [0.29, 0.717) is 25.0 Å². The summed E-state index contributed by atoms with van der Waals surface area (Å²) in [6.45, 7) is 1.87. The van der Waals surface area contributed by atoms with Gasteiger partial charge in [-0.3, -0.25) is 14.9 Å². The lowest BCUT2D eigenvalue weighted by Gasteiger charge is -2.19. The molecule has 0 rings (SSSR count). The third kappa shape index (κ3) is 5.97. The van der Waals surface area contributed by atoms with Gasteiger partial charge >= 0.3 is 11.9 Å². The van der Waals surface area contributed by atoms with E-state index in [1.54, 1.807) is 11.8 Å². The average Bonchev–Trinajstić information content (AvgIpc) is 2.21. The Morgan fingerprint density at radius 3 is 2.06 bits per heavy atom. The summed E-state index contributed by atoms with van der Waals surface area (Å²) in [6, 6.07) is -1.55. The molecule has 0 bridgehead atoms. The third-order valence-electron chi connectivity index (χ3n) is 2.19. The molecule has 0 amide bonds. The quantitative estimate of drug-likeness (QED) is 0.566. The third-order valence-corrected chi connectivity index (χ3v) is 2.83. The topological polar surface area (TPSA) is 86.6 Å². The fourth-order valence-corrected chi connectivity index (χ4v) is 1.79. The first kappa shape index (κ1) is 15.2. The molecule has 0 aliphatic heterocycles. The Labute approximate surface area is 99.6 Å². The predicted octanol–water partition coefficient (Wildman–Crippen LogP) is 1.04. The Morgan fingerprint density at radius 1 is 1.19 bits per heavy atom. The maximum absolute atomic E-state index is 10.9. The Morgan fingerprint density at radius 2 is 1.69 bits per heavy atom. The maximum Gasteiger partial charge on any atom is 0.320 e. The van der Waals surface area contributed by atoms with Crippen molar-refractivity contribution in [2.24, 2.45) is 0 Å². The number of hydrogen-bond donors (Lipinski definition) is 3. The van der Waals surface area contributed by atoms with Crippen molar-refractivity contribution >= 4 is 23.7 Å². The van der Waals surface area contributed by atoms with Crippen molar-refractivity contribution in [1.82, 2.24) is 5.32 Å². The molecule has 2 unspecified atom stereocenters. The van der Waals surface area contributed by atoms with Crippen LogP contribution in [0.5, 0.6) is 0 Å². The molecule has 0 saturated heterocycles. The molecule has 5 nitrogen and oxygen atoms in total. The second kappa shape index (κ2) is 8.41. The van der Waals surface area contributed by atoms with Gasteiger partial charge in [0, 0.05) is 0 Å². The smallest absolute Gasteiger partial charge is 0.320 e. The first-order valence-electron chi connectivity index (χ1n) is 5.23. The molecule has 0 aliphatic rings. The van der Waals surface area contributed by atoms with E-state index in [1.807, 2.05) is 13.2 Å². The molecule has 0 aliphatic carbocycles. The number of carboxylic acids is 2. The van der Waals surface area contributed by atoms with Gasteiger partial charge in [0.15, 0.2) is 0 Å². The van der Waals surface area contributed by atoms with Crippen LogP contribution in [0.25, 0.3) is 0 Å². The highest BCUT2D eigenvalue weighted by molar-refractivity contribution is 7.98. The van der Waals surface area contributed by atoms with Crippen LogP contribution in [-0.4, -0.2) is 46.2 Å². The standard InChI is InChI=1S/C10H19NO4S/c1-3-4-7(9(12)13)11-8(10(14)15)5-6-16-2/h7-8,11H,3-6H2,1-2H3,(H,12,13)(H,14,15). The molecule has 0 fully saturated rings. The molecule has 0 aromatic heterocycles. The minimum atomic E-state index is -0.989. The van der Waals surface area contributed by atoms with Crippen LogP contribution in [0, 0.1) is 0 Å². The molecule has 0 heterocycles. The molecular weight excluding hydrogens is 230 g/mol. The highest BCUT2D eigenvalue weighted by Gasteiger charge is 2.24. The van der Waals surface area contributed by atoms with E-state index in [2.05, 4.69) is 5.32 Å². The van der Waals surface area contributed by atoms with Crippen molar-refractivity contribution in [3.8, 4) is 0 Å². The number of rotatable bonds is 9. The molecule has 94 valence electrons. The molecule has 6 heteroatoms. The second-order valence-corrected chi connectivity index (χ2v) is 4.50. The molecule has 0 aromatic rings. The molecule has 2 atom stereocenters. The second-order valence-electron chi connectivity index (χ2n) is 3.52. The van der Waals surface area contributed by atoms with Gasteiger partial charge in [0.2, 0.25) is 0 Å². The number of nitrogens with one attached hydrogen (secondary N) is 1. The summed E-state index contributed by atoms with van der Waals surface area (Å²) in [6.07, 6.45) is 3.47. The summed E-state index contributed by atoms with van der Waals surface area (Å²) in [5.74, 6) is -1.28. The number of aliphatic carboxylic acids is 2. The van der Waals surface area contributed by atoms with Crippen LogP contribution in [0.15, 0.2) is 0 Å². The van der Waals surface area contributed by atoms with Gasteiger partial charge in [0.25, 0.3) is 0 Å². The first-order chi connectivity index (χ1) is 7.52. The first-order valence-corrected chi connectivity index (χ1v) is 6.62. The molecule has 16 heavy (non-hydrogen) atoms. The highest BCUT2D eigenvalue weighted by Crippen LogP contribution is 2.05. The van der Waals surface area contributed by atoms with Crippen LogP contribution in [0.1, 0.15) is 26.2 Å². The normalized spacial score (nSPS) is 14.4. The van der Waals surface area contributed by atoms with Gasteiger partial charge < -0.3 is 10.2 Å². The van der Waals surface area contributed by atoms with E-state index in [0.717, 1.165) is 0 Å². The average molecular weight is 249 g/mol. The number of carboxylic acid groups (broad SMARTS) is 2. The molecule has 0 saturated carbocycles. The zero-order chi connectivity index (χ0) is 12.6. The summed E-state index contributed by atoms with van der Waals surface area (Å²) in [5, 5.41) is 20.5. The van der Waals surface area contributed by atoms with Gasteiger partial charge in [-0.25, -0.2) is 0 Å². The lowest BCUT2D eigenvalue weighted by atomic mass is 10.1. The van der Waals surface area contributed by atoms with E-state index >= 15 is 0 Å². The zero-order valence-corrected chi connectivity index (χ0v) is 10.4. The van der Waals surface area contributed by atoms with Crippen LogP contribution in [0.2, 0.25) is 0 Å². The summed E-state index contributed by atoms with van der Waals surface area (Å²) >= 11 is 1.55. The van der Waals surface area contributed by atoms with Gasteiger partial charge in [-0.2, -0.15) is 11.8 Å². The molecule has 0 aromatic carbocycles. The van der Waals surface area contributed by atoms with Crippen molar-refractivity contribution in [3.05, 3.63) is 0 Å². The van der Waals surface area contributed by atoms with Crippen molar-refractivity contribution in [3.63, 3.8) is 0 Å². The summed E-state index contributed by atoms with van der Waals surface area (Å²) in [7, 11) is 0. The van der Waals surface area contributed by atoms with Crippen LogP contribution in [-0.2, 0) is 9.59 Å². The summed E-state index contributed by atoms with van der Waals surface area (Å²) in [5.41, 5.74) is 0. The fraction of sp³-hybridized carbons (Fsp3) is 0.800. The molecule has 0 spiro atoms.